The average molecular weight is 385 g/mol. The number of benzene rings is 2. The fourth-order valence-electron chi connectivity index (χ4n) is 1.71. The van der Waals surface area contributed by atoms with Crippen molar-refractivity contribution in [2.75, 3.05) is 5.32 Å². The van der Waals surface area contributed by atoms with Crippen LogP contribution in [0.5, 0.6) is 0 Å². The van der Waals surface area contributed by atoms with E-state index in [1.807, 2.05) is 36.4 Å². The Hall–Kier alpha value is -1.33. The second-order valence-corrected chi connectivity index (χ2v) is 5.66. The van der Waals surface area contributed by atoms with Crippen LogP contribution >= 0.6 is 31.9 Å². The molecule has 3 nitrogen and oxygen atoms in total. The highest BCUT2D eigenvalue weighted by molar-refractivity contribution is 9.11. The molecular weight excluding hydrogens is 374 g/mol. The van der Waals surface area contributed by atoms with Gasteiger partial charge in [0.25, 0.3) is 0 Å². The fourth-order valence-corrected chi connectivity index (χ4v) is 2.91. The van der Waals surface area contributed by atoms with Crippen LogP contribution in [0.25, 0.3) is 0 Å². The Morgan fingerprint density at radius 2 is 1.68 bits per heavy atom. The van der Waals surface area contributed by atoms with Crippen molar-refractivity contribution in [1.29, 1.82) is 0 Å². The predicted molar refractivity (Wildman–Crippen MR) is 82.9 cm³/mol. The zero-order valence-electron chi connectivity index (χ0n) is 9.86. The zero-order chi connectivity index (χ0) is 13.8. The van der Waals surface area contributed by atoms with Gasteiger partial charge in [-0.2, -0.15) is 0 Å². The van der Waals surface area contributed by atoms with Gasteiger partial charge in [0, 0.05) is 14.6 Å². The van der Waals surface area contributed by atoms with Crippen molar-refractivity contribution in [3.63, 3.8) is 0 Å². The first-order chi connectivity index (χ1) is 9.08. The minimum Gasteiger partial charge on any atom is -0.481 e. The molecule has 0 aliphatic rings. The van der Waals surface area contributed by atoms with Crippen molar-refractivity contribution in [3.05, 3.63) is 57.0 Å². The van der Waals surface area contributed by atoms with Crippen LogP contribution in [0.2, 0.25) is 0 Å². The van der Waals surface area contributed by atoms with E-state index in [2.05, 4.69) is 37.2 Å². The molecule has 0 aromatic heterocycles. The number of carboxylic acid groups (broad SMARTS) is 1. The van der Waals surface area contributed by atoms with Crippen LogP contribution < -0.4 is 5.32 Å². The lowest BCUT2D eigenvalue weighted by Gasteiger charge is -2.13. The average Bonchev–Trinajstić information content (AvgIpc) is 2.35. The van der Waals surface area contributed by atoms with E-state index in [9.17, 15) is 4.79 Å². The molecule has 0 amide bonds. The predicted octanol–water partition coefficient (Wildman–Crippen LogP) is 4.58. The molecule has 2 N–H and O–H groups in total. The summed E-state index contributed by atoms with van der Waals surface area (Å²) in [6.07, 6.45) is -0.00869. The number of rotatable bonds is 4. The molecule has 0 saturated carbocycles. The Morgan fingerprint density at radius 3 is 2.32 bits per heavy atom. The first-order valence-corrected chi connectivity index (χ1v) is 7.17. The molecule has 5 heteroatoms. The Balaban J connectivity index is 2.36. The van der Waals surface area contributed by atoms with Gasteiger partial charge in [0.1, 0.15) is 0 Å². The molecule has 0 fully saturated rings. The molecule has 0 saturated heterocycles. The molecule has 2 aromatic rings. The third-order valence-corrected chi connectivity index (χ3v) is 3.90. The van der Waals surface area contributed by atoms with Gasteiger partial charge in [0.05, 0.1) is 12.1 Å². The highest BCUT2D eigenvalue weighted by Gasteiger charge is 2.09. The largest absolute Gasteiger partial charge is 0.481 e. The number of carboxylic acids is 1. The van der Waals surface area contributed by atoms with Crippen LogP contribution in [0.3, 0.4) is 0 Å². The number of carbonyl (C=O) groups is 1. The van der Waals surface area contributed by atoms with E-state index >= 15 is 0 Å². The summed E-state index contributed by atoms with van der Waals surface area (Å²) in [6, 6.07) is 13.1. The quantitative estimate of drug-likeness (QED) is 0.810. The summed E-state index contributed by atoms with van der Waals surface area (Å²) in [6.45, 7) is 0. The number of anilines is 2. The molecule has 2 aromatic carbocycles. The maximum atomic E-state index is 10.9. The summed E-state index contributed by atoms with van der Waals surface area (Å²) in [4.78, 5) is 10.9. The lowest BCUT2D eigenvalue weighted by molar-refractivity contribution is -0.136. The SMILES string of the molecule is O=C(O)Cc1ccccc1Nc1c(Br)cccc1Br. The van der Waals surface area contributed by atoms with E-state index < -0.39 is 5.97 Å². The molecule has 0 aliphatic carbocycles. The summed E-state index contributed by atoms with van der Waals surface area (Å²) >= 11 is 6.94. The van der Waals surface area contributed by atoms with Gasteiger partial charge in [-0.25, -0.2) is 0 Å². The van der Waals surface area contributed by atoms with Gasteiger partial charge in [0.15, 0.2) is 0 Å². The molecule has 0 atom stereocenters. The van der Waals surface area contributed by atoms with Gasteiger partial charge < -0.3 is 10.4 Å². The van der Waals surface area contributed by atoms with Crippen molar-refractivity contribution >= 4 is 49.2 Å². The molecule has 2 rings (SSSR count). The zero-order valence-corrected chi connectivity index (χ0v) is 13.0. The Bertz CT molecular complexity index is 594. The van der Waals surface area contributed by atoms with Gasteiger partial charge in [-0.05, 0) is 55.6 Å². The molecule has 19 heavy (non-hydrogen) atoms. The number of hydrogen-bond acceptors (Lipinski definition) is 2. The van der Waals surface area contributed by atoms with Crippen molar-refractivity contribution < 1.29 is 9.90 Å². The molecule has 98 valence electrons. The summed E-state index contributed by atoms with van der Waals surface area (Å²) in [5.41, 5.74) is 2.41. The first kappa shape index (κ1) is 14.1. The topological polar surface area (TPSA) is 49.3 Å². The summed E-state index contributed by atoms with van der Waals surface area (Å²) in [5.74, 6) is -0.847. The second kappa shape index (κ2) is 6.21. The lowest BCUT2D eigenvalue weighted by Crippen LogP contribution is -2.04. The van der Waals surface area contributed by atoms with Gasteiger partial charge in [0.2, 0.25) is 0 Å². The van der Waals surface area contributed by atoms with E-state index in [4.69, 9.17) is 5.11 Å². The summed E-state index contributed by atoms with van der Waals surface area (Å²) < 4.78 is 1.82. The van der Waals surface area contributed by atoms with Crippen molar-refractivity contribution in [1.82, 2.24) is 0 Å². The third kappa shape index (κ3) is 3.58. The Morgan fingerprint density at radius 1 is 1.05 bits per heavy atom. The fraction of sp³-hybridized carbons (Fsp3) is 0.0714. The maximum Gasteiger partial charge on any atom is 0.307 e. The van der Waals surface area contributed by atoms with E-state index in [1.54, 1.807) is 6.07 Å². The van der Waals surface area contributed by atoms with Gasteiger partial charge >= 0.3 is 5.97 Å². The van der Waals surface area contributed by atoms with Crippen LogP contribution in [0.15, 0.2) is 51.4 Å². The van der Waals surface area contributed by atoms with Crippen LogP contribution in [0.1, 0.15) is 5.56 Å². The molecule has 0 spiro atoms. The molecule has 0 radical (unpaired) electrons. The molecular formula is C14H11Br2NO2. The molecule has 0 heterocycles. The third-order valence-electron chi connectivity index (χ3n) is 2.58. The minimum absolute atomic E-state index is 0.00869. The van der Waals surface area contributed by atoms with Crippen molar-refractivity contribution in [2.24, 2.45) is 0 Å². The number of aliphatic carboxylic acids is 1. The van der Waals surface area contributed by atoms with E-state index in [-0.39, 0.29) is 6.42 Å². The van der Waals surface area contributed by atoms with Gasteiger partial charge in [-0.1, -0.05) is 24.3 Å². The van der Waals surface area contributed by atoms with Crippen molar-refractivity contribution in [3.8, 4) is 0 Å². The number of halogens is 2. The second-order valence-electron chi connectivity index (χ2n) is 3.95. The van der Waals surface area contributed by atoms with Gasteiger partial charge in [-0.15, -0.1) is 0 Å². The Labute approximate surface area is 127 Å². The highest BCUT2D eigenvalue weighted by Crippen LogP contribution is 2.34. The summed E-state index contributed by atoms with van der Waals surface area (Å²) in [5, 5.41) is 12.2. The summed E-state index contributed by atoms with van der Waals surface area (Å²) in [7, 11) is 0. The molecule has 0 aliphatic heterocycles. The maximum absolute atomic E-state index is 10.9. The minimum atomic E-state index is -0.847. The lowest BCUT2D eigenvalue weighted by atomic mass is 10.1. The van der Waals surface area contributed by atoms with E-state index in [0.29, 0.717) is 0 Å². The normalized spacial score (nSPS) is 10.2. The number of nitrogens with one attached hydrogen (secondary N) is 1. The van der Waals surface area contributed by atoms with E-state index in [1.165, 1.54) is 0 Å². The number of hydrogen-bond donors (Lipinski definition) is 2. The van der Waals surface area contributed by atoms with Crippen LogP contribution in [-0.2, 0) is 11.2 Å². The van der Waals surface area contributed by atoms with Crippen LogP contribution in [0.4, 0.5) is 11.4 Å². The monoisotopic (exact) mass is 383 g/mol. The van der Waals surface area contributed by atoms with Crippen molar-refractivity contribution in [2.45, 2.75) is 6.42 Å². The molecule has 0 unspecified atom stereocenters. The number of para-hydroxylation sites is 2. The van der Waals surface area contributed by atoms with Crippen LogP contribution in [0, 0.1) is 0 Å². The van der Waals surface area contributed by atoms with E-state index in [0.717, 1.165) is 25.9 Å². The highest BCUT2D eigenvalue weighted by atomic mass is 79.9. The smallest absolute Gasteiger partial charge is 0.307 e. The van der Waals surface area contributed by atoms with Gasteiger partial charge in [-0.3, -0.25) is 4.79 Å². The first-order valence-electron chi connectivity index (χ1n) is 5.58. The Kier molecular flexibility index (Phi) is 4.61. The standard InChI is InChI=1S/C14H11Br2NO2/c15-10-5-3-6-11(16)14(10)17-12-7-2-1-4-9(12)8-13(18)19/h1-7,17H,8H2,(H,18,19). The molecule has 0 bridgehead atoms. The van der Waals surface area contributed by atoms with Crippen LogP contribution in [-0.4, -0.2) is 11.1 Å².